The Hall–Kier alpha value is -1.42. The summed E-state index contributed by atoms with van der Waals surface area (Å²) < 4.78 is 2.25. The first-order valence-corrected chi connectivity index (χ1v) is 6.00. The highest BCUT2D eigenvalue weighted by molar-refractivity contribution is 5.75. The Bertz CT molecular complexity index is 525. The Morgan fingerprint density at radius 3 is 2.71 bits per heavy atom. The Morgan fingerprint density at radius 2 is 2.12 bits per heavy atom. The highest BCUT2D eigenvalue weighted by atomic mass is 15.1. The largest absolute Gasteiger partial charge is 0.329 e. The zero-order valence-electron chi connectivity index (χ0n) is 10.9. The van der Waals surface area contributed by atoms with E-state index >= 15 is 0 Å². The molecule has 0 aromatic carbocycles. The predicted molar refractivity (Wildman–Crippen MR) is 70.0 cm³/mol. The summed E-state index contributed by atoms with van der Waals surface area (Å²) in [6.07, 6.45) is 3.62. The monoisotopic (exact) mass is 232 g/mol. The molecular weight excluding hydrogens is 212 g/mol. The van der Waals surface area contributed by atoms with Crippen molar-refractivity contribution in [2.45, 2.75) is 39.2 Å². The molecule has 17 heavy (non-hydrogen) atoms. The second kappa shape index (κ2) is 4.11. The zero-order valence-corrected chi connectivity index (χ0v) is 10.9. The van der Waals surface area contributed by atoms with Crippen molar-refractivity contribution < 1.29 is 0 Å². The van der Waals surface area contributed by atoms with Crippen molar-refractivity contribution in [3.8, 4) is 0 Å². The van der Waals surface area contributed by atoms with E-state index in [1.807, 2.05) is 18.5 Å². The maximum Gasteiger partial charge on any atom is 0.117 e. The third-order valence-electron chi connectivity index (χ3n) is 3.12. The molecule has 2 aromatic rings. The molecule has 0 unspecified atom stereocenters. The van der Waals surface area contributed by atoms with E-state index in [4.69, 9.17) is 10.7 Å². The molecule has 0 saturated carbocycles. The molecule has 2 rings (SSSR count). The van der Waals surface area contributed by atoms with Gasteiger partial charge in [-0.2, -0.15) is 0 Å². The van der Waals surface area contributed by atoms with Crippen LogP contribution in [0, 0.1) is 0 Å². The fourth-order valence-corrected chi connectivity index (χ4v) is 2.04. The number of pyridine rings is 1. The number of hydrogen-bond donors (Lipinski definition) is 1. The molecule has 0 aliphatic carbocycles. The van der Waals surface area contributed by atoms with Crippen molar-refractivity contribution in [3.05, 3.63) is 24.3 Å². The molecule has 2 heterocycles. The summed E-state index contributed by atoms with van der Waals surface area (Å²) >= 11 is 0. The van der Waals surface area contributed by atoms with Gasteiger partial charge in [-0.1, -0.05) is 13.8 Å². The van der Waals surface area contributed by atoms with Crippen molar-refractivity contribution in [1.29, 1.82) is 0 Å². The number of fused-ring (bicyclic) bond motifs is 1. The molecule has 0 fully saturated rings. The molecule has 92 valence electrons. The van der Waals surface area contributed by atoms with E-state index in [0.29, 0.717) is 12.6 Å². The summed E-state index contributed by atoms with van der Waals surface area (Å²) in [7, 11) is 0. The van der Waals surface area contributed by atoms with E-state index in [2.05, 4.69) is 37.2 Å². The minimum absolute atomic E-state index is 0.122. The van der Waals surface area contributed by atoms with Gasteiger partial charge in [0.1, 0.15) is 11.3 Å². The van der Waals surface area contributed by atoms with Crippen LogP contribution in [0.25, 0.3) is 11.0 Å². The molecule has 4 heteroatoms. The summed E-state index contributed by atoms with van der Waals surface area (Å²) in [5, 5.41) is 0. The molecule has 0 saturated heterocycles. The van der Waals surface area contributed by atoms with Crippen molar-refractivity contribution in [1.82, 2.24) is 14.5 Å². The van der Waals surface area contributed by atoms with E-state index in [0.717, 1.165) is 16.9 Å². The van der Waals surface area contributed by atoms with Crippen LogP contribution < -0.4 is 5.73 Å². The first-order chi connectivity index (χ1) is 7.97. The van der Waals surface area contributed by atoms with Crippen molar-refractivity contribution in [2.24, 2.45) is 5.73 Å². The van der Waals surface area contributed by atoms with Gasteiger partial charge in [0, 0.05) is 24.2 Å². The minimum Gasteiger partial charge on any atom is -0.329 e. The lowest BCUT2D eigenvalue weighted by atomic mass is 9.92. The number of imidazole rings is 1. The average Bonchev–Trinajstić information content (AvgIpc) is 2.68. The lowest BCUT2D eigenvalue weighted by Gasteiger charge is -2.25. The van der Waals surface area contributed by atoms with Crippen LogP contribution in [-0.4, -0.2) is 21.1 Å². The molecule has 0 aliphatic heterocycles. The van der Waals surface area contributed by atoms with E-state index in [1.54, 1.807) is 0 Å². The summed E-state index contributed by atoms with van der Waals surface area (Å²) in [6, 6.07) is 2.38. The maximum absolute atomic E-state index is 5.86. The van der Waals surface area contributed by atoms with Gasteiger partial charge in [0.25, 0.3) is 0 Å². The second-order valence-corrected chi connectivity index (χ2v) is 5.35. The third-order valence-corrected chi connectivity index (χ3v) is 3.12. The van der Waals surface area contributed by atoms with E-state index in [9.17, 15) is 0 Å². The number of aromatic nitrogens is 3. The van der Waals surface area contributed by atoms with Crippen molar-refractivity contribution in [3.63, 3.8) is 0 Å². The topological polar surface area (TPSA) is 56.7 Å². The summed E-state index contributed by atoms with van der Waals surface area (Å²) in [5.74, 6) is 1.04. The highest BCUT2D eigenvalue weighted by Crippen LogP contribution is 2.28. The molecular formula is C13H20N4. The molecule has 0 spiro atoms. The number of nitrogens with zero attached hydrogens (tertiary/aromatic N) is 3. The number of hydrogen-bond acceptors (Lipinski definition) is 3. The SMILES string of the molecule is CC(C)n1c(C(C)(C)CN)nc2cnccc21. The van der Waals surface area contributed by atoms with E-state index in [1.165, 1.54) is 0 Å². The van der Waals surface area contributed by atoms with Crippen LogP contribution in [0.5, 0.6) is 0 Å². The van der Waals surface area contributed by atoms with Crippen LogP contribution in [0.4, 0.5) is 0 Å². The fourth-order valence-electron chi connectivity index (χ4n) is 2.04. The molecule has 4 nitrogen and oxygen atoms in total. The summed E-state index contributed by atoms with van der Waals surface area (Å²) in [4.78, 5) is 8.82. The standard InChI is InChI=1S/C13H20N4/c1-9(2)17-11-5-6-15-7-10(11)16-12(17)13(3,4)8-14/h5-7,9H,8,14H2,1-4H3. The molecule has 0 bridgehead atoms. The summed E-state index contributed by atoms with van der Waals surface area (Å²) in [6.45, 7) is 9.16. The van der Waals surface area contributed by atoms with E-state index in [-0.39, 0.29) is 5.41 Å². The molecule has 0 amide bonds. The van der Waals surface area contributed by atoms with Crippen LogP contribution in [-0.2, 0) is 5.41 Å². The van der Waals surface area contributed by atoms with Gasteiger partial charge in [0.2, 0.25) is 0 Å². The van der Waals surface area contributed by atoms with Gasteiger partial charge in [-0.15, -0.1) is 0 Å². The lowest BCUT2D eigenvalue weighted by Crippen LogP contribution is -2.32. The van der Waals surface area contributed by atoms with Crippen LogP contribution >= 0.6 is 0 Å². The molecule has 2 aromatic heterocycles. The smallest absolute Gasteiger partial charge is 0.117 e. The average molecular weight is 232 g/mol. The Kier molecular flexibility index (Phi) is 2.91. The quantitative estimate of drug-likeness (QED) is 0.883. The molecule has 0 atom stereocenters. The van der Waals surface area contributed by atoms with Gasteiger partial charge in [-0.05, 0) is 19.9 Å². The van der Waals surface area contributed by atoms with Gasteiger partial charge < -0.3 is 10.3 Å². The highest BCUT2D eigenvalue weighted by Gasteiger charge is 2.27. The number of nitrogens with two attached hydrogens (primary N) is 1. The lowest BCUT2D eigenvalue weighted by molar-refractivity contribution is 0.451. The van der Waals surface area contributed by atoms with Crippen LogP contribution in [0.2, 0.25) is 0 Å². The number of rotatable bonds is 3. The Labute approximate surface area is 102 Å². The Balaban J connectivity index is 2.75. The predicted octanol–water partition coefficient (Wildman–Crippen LogP) is 2.25. The molecule has 2 N–H and O–H groups in total. The first kappa shape index (κ1) is 12.0. The Morgan fingerprint density at radius 1 is 1.41 bits per heavy atom. The van der Waals surface area contributed by atoms with Gasteiger partial charge >= 0.3 is 0 Å². The van der Waals surface area contributed by atoms with Crippen molar-refractivity contribution in [2.75, 3.05) is 6.54 Å². The van der Waals surface area contributed by atoms with Crippen molar-refractivity contribution >= 4 is 11.0 Å². The molecule has 0 aliphatic rings. The third kappa shape index (κ3) is 1.93. The summed E-state index contributed by atoms with van der Waals surface area (Å²) in [5.41, 5.74) is 7.81. The second-order valence-electron chi connectivity index (χ2n) is 5.35. The maximum atomic E-state index is 5.86. The van der Waals surface area contributed by atoms with Gasteiger partial charge in [0.15, 0.2) is 0 Å². The van der Waals surface area contributed by atoms with Gasteiger partial charge in [-0.3, -0.25) is 4.98 Å². The van der Waals surface area contributed by atoms with Crippen LogP contribution in [0.15, 0.2) is 18.5 Å². The molecule has 0 radical (unpaired) electrons. The van der Waals surface area contributed by atoms with Gasteiger partial charge in [0.05, 0.1) is 11.7 Å². The van der Waals surface area contributed by atoms with E-state index < -0.39 is 0 Å². The van der Waals surface area contributed by atoms with Crippen LogP contribution in [0.1, 0.15) is 39.6 Å². The van der Waals surface area contributed by atoms with Gasteiger partial charge in [-0.25, -0.2) is 4.98 Å². The zero-order chi connectivity index (χ0) is 12.6. The first-order valence-electron chi connectivity index (χ1n) is 6.00. The minimum atomic E-state index is -0.122. The van der Waals surface area contributed by atoms with Crippen LogP contribution in [0.3, 0.4) is 0 Å². The normalized spacial score (nSPS) is 12.6. The fraction of sp³-hybridized carbons (Fsp3) is 0.538.